The lowest BCUT2D eigenvalue weighted by Crippen LogP contribution is -2.42. The highest BCUT2D eigenvalue weighted by Gasteiger charge is 2.30. The van der Waals surface area contributed by atoms with Gasteiger partial charge in [0.05, 0.1) is 13.2 Å². The molecule has 0 saturated carbocycles. The summed E-state index contributed by atoms with van der Waals surface area (Å²) in [6, 6.07) is 0. The molecule has 0 radical (unpaired) electrons. The van der Waals surface area contributed by atoms with Crippen LogP contribution in [-0.2, 0) is 14.3 Å². The lowest BCUT2D eigenvalue weighted by Gasteiger charge is -2.34. The molecule has 0 atom stereocenters. The lowest BCUT2D eigenvalue weighted by atomic mass is 9.96. The van der Waals surface area contributed by atoms with Gasteiger partial charge in [-0.2, -0.15) is 0 Å². The van der Waals surface area contributed by atoms with Gasteiger partial charge in [0.1, 0.15) is 0 Å². The number of hydrogen-bond donors (Lipinski definition) is 0. The highest BCUT2D eigenvalue weighted by molar-refractivity contribution is 5.78. The maximum atomic E-state index is 11.5. The average Bonchev–Trinajstić information content (AvgIpc) is 3.09. The minimum absolute atomic E-state index is 0.0438. The third-order valence-electron chi connectivity index (χ3n) is 4.52. The molecule has 0 aromatic heterocycles. The van der Waals surface area contributed by atoms with E-state index in [0.29, 0.717) is 11.8 Å². The number of carbonyl (C=O) groups is 1. The number of carbonyl (C=O) groups excluding carboxylic acids is 1. The van der Waals surface area contributed by atoms with E-state index in [1.807, 2.05) is 4.90 Å². The van der Waals surface area contributed by atoms with E-state index < -0.39 is 0 Å². The molecule has 5 nitrogen and oxygen atoms in total. The van der Waals surface area contributed by atoms with Crippen molar-refractivity contribution in [3.05, 3.63) is 0 Å². The maximum Gasteiger partial charge on any atom is 0.222 e. The van der Waals surface area contributed by atoms with Crippen molar-refractivity contribution in [3.63, 3.8) is 0 Å². The molecule has 19 heavy (non-hydrogen) atoms. The summed E-state index contributed by atoms with van der Waals surface area (Å²) in [5, 5.41) is 0. The molecule has 0 aliphatic carbocycles. The minimum Gasteiger partial charge on any atom is -0.350 e. The zero-order valence-electron chi connectivity index (χ0n) is 11.6. The van der Waals surface area contributed by atoms with Crippen LogP contribution in [-0.4, -0.2) is 67.9 Å². The first-order valence-corrected chi connectivity index (χ1v) is 7.56. The van der Waals surface area contributed by atoms with Crippen molar-refractivity contribution in [1.29, 1.82) is 0 Å². The van der Waals surface area contributed by atoms with Crippen molar-refractivity contribution in [1.82, 2.24) is 9.80 Å². The predicted molar refractivity (Wildman–Crippen MR) is 70.7 cm³/mol. The number of amides is 1. The summed E-state index contributed by atoms with van der Waals surface area (Å²) in [5.41, 5.74) is 0. The van der Waals surface area contributed by atoms with Crippen LogP contribution in [0.1, 0.15) is 25.7 Å². The molecule has 3 fully saturated rings. The number of likely N-dealkylation sites (tertiary alicyclic amines) is 2. The Morgan fingerprint density at radius 3 is 2.42 bits per heavy atom. The van der Waals surface area contributed by atoms with Crippen molar-refractivity contribution in [3.8, 4) is 0 Å². The molecule has 3 aliphatic heterocycles. The third kappa shape index (κ3) is 3.27. The smallest absolute Gasteiger partial charge is 0.222 e. The summed E-state index contributed by atoms with van der Waals surface area (Å²) in [4.78, 5) is 16.0. The van der Waals surface area contributed by atoms with Crippen LogP contribution >= 0.6 is 0 Å². The van der Waals surface area contributed by atoms with Gasteiger partial charge in [0.25, 0.3) is 0 Å². The Morgan fingerprint density at radius 2 is 1.79 bits per heavy atom. The second-order valence-corrected chi connectivity index (χ2v) is 5.77. The lowest BCUT2D eigenvalue weighted by molar-refractivity contribution is -0.128. The summed E-state index contributed by atoms with van der Waals surface area (Å²) < 4.78 is 11.2. The quantitative estimate of drug-likeness (QED) is 0.752. The Kier molecular flexibility index (Phi) is 4.35. The largest absolute Gasteiger partial charge is 0.350 e. The predicted octanol–water partition coefficient (Wildman–Crippen LogP) is 0.694. The van der Waals surface area contributed by atoms with E-state index in [0.717, 1.165) is 71.6 Å². The third-order valence-corrected chi connectivity index (χ3v) is 4.52. The molecule has 3 saturated heterocycles. The number of hydrogen-bond acceptors (Lipinski definition) is 4. The Labute approximate surface area is 114 Å². The first kappa shape index (κ1) is 13.3. The Morgan fingerprint density at radius 1 is 1.05 bits per heavy atom. The zero-order valence-corrected chi connectivity index (χ0v) is 11.6. The Hall–Kier alpha value is -0.650. The van der Waals surface area contributed by atoms with Gasteiger partial charge < -0.3 is 19.3 Å². The molecule has 0 aromatic rings. The van der Waals surface area contributed by atoms with E-state index in [-0.39, 0.29) is 6.29 Å². The van der Waals surface area contributed by atoms with Crippen LogP contribution < -0.4 is 0 Å². The summed E-state index contributed by atoms with van der Waals surface area (Å²) in [6.07, 6.45) is 4.13. The van der Waals surface area contributed by atoms with E-state index in [9.17, 15) is 4.79 Å². The van der Waals surface area contributed by atoms with Crippen LogP contribution in [0.4, 0.5) is 0 Å². The molecular weight excluding hydrogens is 244 g/mol. The molecular formula is C14H24N2O3. The summed E-state index contributed by atoms with van der Waals surface area (Å²) in [5.74, 6) is 0.898. The van der Waals surface area contributed by atoms with Gasteiger partial charge in [0, 0.05) is 32.0 Å². The van der Waals surface area contributed by atoms with Gasteiger partial charge in [-0.15, -0.1) is 0 Å². The molecule has 108 valence electrons. The molecule has 0 spiro atoms. The number of rotatable bonds is 4. The topological polar surface area (TPSA) is 42.0 Å². The van der Waals surface area contributed by atoms with Crippen molar-refractivity contribution in [2.24, 2.45) is 5.92 Å². The minimum atomic E-state index is 0.0438. The standard InChI is InChI=1S/C14H24N2O3/c17-13-2-1-5-16(13)9-8-15-6-3-12(4-7-15)14-18-10-11-19-14/h12,14H,1-11H2. The molecule has 0 aromatic carbocycles. The highest BCUT2D eigenvalue weighted by atomic mass is 16.7. The second kappa shape index (κ2) is 6.20. The number of piperidine rings is 1. The van der Waals surface area contributed by atoms with Crippen LogP contribution in [0.15, 0.2) is 0 Å². The number of nitrogens with zero attached hydrogens (tertiary/aromatic N) is 2. The van der Waals surface area contributed by atoms with E-state index in [1.165, 1.54) is 0 Å². The van der Waals surface area contributed by atoms with Gasteiger partial charge in [-0.05, 0) is 32.4 Å². The molecule has 0 unspecified atom stereocenters. The zero-order chi connectivity index (χ0) is 13.1. The summed E-state index contributed by atoms with van der Waals surface area (Å²) in [6.45, 7) is 6.60. The van der Waals surface area contributed by atoms with Gasteiger partial charge in [0.2, 0.25) is 5.91 Å². The monoisotopic (exact) mass is 268 g/mol. The normalized spacial score (nSPS) is 27.6. The number of ether oxygens (including phenoxy) is 2. The van der Waals surface area contributed by atoms with Gasteiger partial charge in [-0.25, -0.2) is 0 Å². The first-order valence-electron chi connectivity index (χ1n) is 7.56. The molecule has 3 aliphatic rings. The van der Waals surface area contributed by atoms with Gasteiger partial charge in [-0.1, -0.05) is 0 Å². The van der Waals surface area contributed by atoms with E-state index in [1.54, 1.807) is 0 Å². The molecule has 3 heterocycles. The van der Waals surface area contributed by atoms with Crippen molar-refractivity contribution in [2.75, 3.05) is 45.9 Å². The van der Waals surface area contributed by atoms with Crippen LogP contribution in [0.2, 0.25) is 0 Å². The van der Waals surface area contributed by atoms with Gasteiger partial charge in [-0.3, -0.25) is 4.79 Å². The van der Waals surface area contributed by atoms with Crippen molar-refractivity contribution in [2.45, 2.75) is 32.0 Å². The fourth-order valence-electron chi connectivity index (χ4n) is 3.30. The molecule has 5 heteroatoms. The fraction of sp³-hybridized carbons (Fsp3) is 0.929. The van der Waals surface area contributed by atoms with Crippen LogP contribution in [0.3, 0.4) is 0 Å². The molecule has 0 bridgehead atoms. The molecule has 1 amide bonds. The van der Waals surface area contributed by atoms with E-state index in [4.69, 9.17) is 9.47 Å². The summed E-state index contributed by atoms with van der Waals surface area (Å²) in [7, 11) is 0. The first-order chi connectivity index (χ1) is 9.33. The van der Waals surface area contributed by atoms with E-state index >= 15 is 0 Å². The van der Waals surface area contributed by atoms with Crippen LogP contribution in [0.5, 0.6) is 0 Å². The second-order valence-electron chi connectivity index (χ2n) is 5.77. The van der Waals surface area contributed by atoms with Crippen molar-refractivity contribution < 1.29 is 14.3 Å². The fourth-order valence-corrected chi connectivity index (χ4v) is 3.30. The Balaban J connectivity index is 1.37. The van der Waals surface area contributed by atoms with Crippen LogP contribution in [0, 0.1) is 5.92 Å². The Bertz CT molecular complexity index is 310. The van der Waals surface area contributed by atoms with Crippen molar-refractivity contribution >= 4 is 5.91 Å². The highest BCUT2D eigenvalue weighted by Crippen LogP contribution is 2.25. The van der Waals surface area contributed by atoms with Crippen LogP contribution in [0.25, 0.3) is 0 Å². The van der Waals surface area contributed by atoms with E-state index in [2.05, 4.69) is 4.90 Å². The molecule has 0 N–H and O–H groups in total. The SMILES string of the molecule is O=C1CCCN1CCN1CCC(C2OCCO2)CC1. The molecule has 3 rings (SSSR count). The van der Waals surface area contributed by atoms with Gasteiger partial charge >= 0.3 is 0 Å². The maximum absolute atomic E-state index is 11.5. The summed E-state index contributed by atoms with van der Waals surface area (Å²) >= 11 is 0. The average molecular weight is 268 g/mol. The van der Waals surface area contributed by atoms with Gasteiger partial charge in [0.15, 0.2) is 6.29 Å².